The molecule has 0 spiro atoms. The smallest absolute Gasteiger partial charge is 0.215 e. The van der Waals surface area contributed by atoms with E-state index in [1.807, 2.05) is 6.92 Å². The summed E-state index contributed by atoms with van der Waals surface area (Å²) < 4.78 is 30.7. The maximum absolute atomic E-state index is 11.9. The molecule has 90 valence electrons. The Morgan fingerprint density at radius 2 is 2.27 bits per heavy atom. The van der Waals surface area contributed by atoms with E-state index in [1.54, 1.807) is 11.4 Å². The van der Waals surface area contributed by atoms with Crippen LogP contribution in [0.1, 0.15) is 13.3 Å². The van der Waals surface area contributed by atoms with Crippen molar-refractivity contribution in [3.05, 3.63) is 0 Å². The highest BCUT2D eigenvalue weighted by molar-refractivity contribution is 7.89. The zero-order chi connectivity index (χ0) is 11.3. The second-order valence-corrected chi connectivity index (χ2v) is 5.90. The molecule has 1 aliphatic heterocycles. The normalized spacial score (nSPS) is 25.1. The van der Waals surface area contributed by atoms with Gasteiger partial charge in [-0.2, -0.15) is 4.31 Å². The number of hydrogen-bond acceptors (Lipinski definition) is 4. The highest BCUT2D eigenvalue weighted by atomic mass is 32.2. The van der Waals surface area contributed by atoms with Crippen LogP contribution in [0.4, 0.5) is 0 Å². The molecule has 1 saturated heterocycles. The van der Waals surface area contributed by atoms with Crippen molar-refractivity contribution in [1.82, 2.24) is 9.62 Å². The van der Waals surface area contributed by atoms with Crippen molar-refractivity contribution >= 4 is 10.0 Å². The maximum Gasteiger partial charge on any atom is 0.215 e. The molecule has 1 rings (SSSR count). The lowest BCUT2D eigenvalue weighted by atomic mass is 10.4. The van der Waals surface area contributed by atoms with Crippen LogP contribution in [0.25, 0.3) is 0 Å². The average Bonchev–Trinajstić information content (AvgIpc) is 2.40. The minimum absolute atomic E-state index is 0.00291. The number of nitrogens with zero attached hydrogens (tertiary/aromatic N) is 1. The fraction of sp³-hybridized carbons (Fsp3) is 1.00. The fourth-order valence-electron chi connectivity index (χ4n) is 1.57. The third-order valence-corrected chi connectivity index (χ3v) is 4.26. The van der Waals surface area contributed by atoms with E-state index in [2.05, 4.69) is 5.32 Å². The molecule has 1 N–H and O–H groups in total. The van der Waals surface area contributed by atoms with Gasteiger partial charge in [0.2, 0.25) is 10.0 Å². The molecule has 1 aliphatic rings. The van der Waals surface area contributed by atoms with E-state index in [4.69, 9.17) is 4.74 Å². The van der Waals surface area contributed by atoms with Gasteiger partial charge in [0.15, 0.2) is 0 Å². The first-order valence-electron chi connectivity index (χ1n) is 5.30. The second kappa shape index (κ2) is 5.79. The predicted octanol–water partition coefficient (Wildman–Crippen LogP) is -0.354. The van der Waals surface area contributed by atoms with Crippen LogP contribution in [0.3, 0.4) is 0 Å². The lowest BCUT2D eigenvalue weighted by Gasteiger charge is -2.21. The lowest BCUT2D eigenvalue weighted by molar-refractivity contribution is 0.0752. The number of sulfonamides is 1. The molecule has 1 atom stereocenters. The number of ether oxygens (including phenoxy) is 1. The summed E-state index contributed by atoms with van der Waals surface area (Å²) in [6, 6.07) is 0. The zero-order valence-electron chi connectivity index (χ0n) is 9.40. The lowest BCUT2D eigenvalue weighted by Crippen LogP contribution is -2.39. The molecule has 15 heavy (non-hydrogen) atoms. The Hall–Kier alpha value is -0.170. The van der Waals surface area contributed by atoms with Crippen LogP contribution in [0, 0.1) is 0 Å². The monoisotopic (exact) mass is 236 g/mol. The van der Waals surface area contributed by atoms with E-state index in [9.17, 15) is 8.42 Å². The van der Waals surface area contributed by atoms with Crippen molar-refractivity contribution in [2.24, 2.45) is 0 Å². The summed E-state index contributed by atoms with van der Waals surface area (Å²) in [5, 5.41) is 2.85. The first kappa shape index (κ1) is 12.9. The molecule has 0 saturated carbocycles. The Morgan fingerprint density at radius 1 is 1.53 bits per heavy atom. The van der Waals surface area contributed by atoms with Crippen LogP contribution in [-0.2, 0) is 14.8 Å². The number of hydrogen-bond donors (Lipinski definition) is 1. The van der Waals surface area contributed by atoms with Crippen LogP contribution in [0.5, 0.6) is 0 Å². The van der Waals surface area contributed by atoms with Crippen LogP contribution in [-0.4, -0.2) is 57.9 Å². The van der Waals surface area contributed by atoms with Gasteiger partial charge in [0.25, 0.3) is 0 Å². The van der Waals surface area contributed by atoms with Crippen molar-refractivity contribution < 1.29 is 13.2 Å². The summed E-state index contributed by atoms with van der Waals surface area (Å²) in [6.07, 6.45) is 0.778. The highest BCUT2D eigenvalue weighted by Gasteiger charge is 2.25. The zero-order valence-corrected chi connectivity index (χ0v) is 10.2. The van der Waals surface area contributed by atoms with Crippen LogP contribution < -0.4 is 5.32 Å². The summed E-state index contributed by atoms with van der Waals surface area (Å²) >= 11 is 0. The fourth-order valence-corrected chi connectivity index (χ4v) is 3.13. The van der Waals surface area contributed by atoms with E-state index in [-0.39, 0.29) is 11.9 Å². The van der Waals surface area contributed by atoms with Gasteiger partial charge in [-0.3, -0.25) is 0 Å². The van der Waals surface area contributed by atoms with Gasteiger partial charge in [-0.1, -0.05) is 0 Å². The summed E-state index contributed by atoms with van der Waals surface area (Å²) in [5.41, 5.74) is 0. The van der Waals surface area contributed by atoms with E-state index in [0.717, 1.165) is 6.42 Å². The van der Waals surface area contributed by atoms with Gasteiger partial charge < -0.3 is 10.1 Å². The van der Waals surface area contributed by atoms with Gasteiger partial charge in [0, 0.05) is 26.2 Å². The molecule has 1 fully saturated rings. The molecule has 0 aromatic rings. The van der Waals surface area contributed by atoms with Gasteiger partial charge in [0.1, 0.15) is 0 Å². The molecule has 1 unspecified atom stereocenters. The van der Waals surface area contributed by atoms with Crippen LogP contribution in [0.2, 0.25) is 0 Å². The van der Waals surface area contributed by atoms with Crippen LogP contribution >= 0.6 is 0 Å². The van der Waals surface area contributed by atoms with Crippen molar-refractivity contribution in [2.75, 3.05) is 39.0 Å². The minimum atomic E-state index is -3.11. The Labute approximate surface area is 91.8 Å². The molecule has 0 aromatic carbocycles. The maximum atomic E-state index is 11.9. The second-order valence-electron chi connectivity index (χ2n) is 3.81. The van der Waals surface area contributed by atoms with Crippen molar-refractivity contribution in [1.29, 1.82) is 0 Å². The van der Waals surface area contributed by atoms with E-state index in [1.165, 1.54) is 0 Å². The summed E-state index contributed by atoms with van der Waals surface area (Å²) in [7, 11) is -1.36. The van der Waals surface area contributed by atoms with Gasteiger partial charge >= 0.3 is 0 Å². The van der Waals surface area contributed by atoms with E-state index >= 15 is 0 Å². The SMILES string of the molecule is CNCCS(=O)(=O)N1CCCOC(C)C1. The molecule has 6 heteroatoms. The third-order valence-electron chi connectivity index (χ3n) is 2.42. The summed E-state index contributed by atoms with van der Waals surface area (Å²) in [6.45, 7) is 4.11. The largest absolute Gasteiger partial charge is 0.377 e. The Bertz CT molecular complexity index is 279. The van der Waals surface area contributed by atoms with Gasteiger partial charge in [0.05, 0.1) is 11.9 Å². The highest BCUT2D eigenvalue weighted by Crippen LogP contribution is 2.10. The standard InChI is InChI=1S/C9H20N2O3S/c1-9-8-11(5-3-6-14-9)15(12,13)7-4-10-2/h9-10H,3-8H2,1-2H3. The van der Waals surface area contributed by atoms with Gasteiger partial charge in [-0.15, -0.1) is 0 Å². The number of nitrogens with one attached hydrogen (secondary N) is 1. The summed E-state index contributed by atoms with van der Waals surface area (Å²) in [5.74, 6) is 0.163. The predicted molar refractivity (Wildman–Crippen MR) is 59.3 cm³/mol. The van der Waals surface area contributed by atoms with Gasteiger partial charge in [-0.25, -0.2) is 8.42 Å². The first-order valence-corrected chi connectivity index (χ1v) is 6.91. The topological polar surface area (TPSA) is 58.6 Å². The van der Waals surface area contributed by atoms with Gasteiger partial charge in [-0.05, 0) is 20.4 Å². The molecular weight excluding hydrogens is 216 g/mol. The molecule has 0 bridgehead atoms. The van der Waals surface area contributed by atoms with E-state index < -0.39 is 10.0 Å². The Kier molecular flexibility index (Phi) is 4.98. The Balaban J connectivity index is 2.59. The van der Waals surface area contributed by atoms with Crippen molar-refractivity contribution in [2.45, 2.75) is 19.4 Å². The molecule has 0 radical (unpaired) electrons. The summed E-state index contributed by atoms with van der Waals surface area (Å²) in [4.78, 5) is 0. The molecular formula is C9H20N2O3S. The first-order chi connectivity index (χ1) is 7.06. The molecule has 0 aliphatic carbocycles. The van der Waals surface area contributed by atoms with Crippen molar-refractivity contribution in [3.8, 4) is 0 Å². The molecule has 0 aromatic heterocycles. The third kappa shape index (κ3) is 4.06. The quantitative estimate of drug-likeness (QED) is 0.724. The minimum Gasteiger partial charge on any atom is -0.377 e. The molecule has 1 heterocycles. The molecule has 0 amide bonds. The Morgan fingerprint density at radius 3 is 2.93 bits per heavy atom. The van der Waals surface area contributed by atoms with Crippen molar-refractivity contribution in [3.63, 3.8) is 0 Å². The van der Waals surface area contributed by atoms with Crippen LogP contribution in [0.15, 0.2) is 0 Å². The van der Waals surface area contributed by atoms with E-state index in [0.29, 0.717) is 26.2 Å². The molecule has 5 nitrogen and oxygen atoms in total. The number of rotatable bonds is 4. The average molecular weight is 236 g/mol.